The summed E-state index contributed by atoms with van der Waals surface area (Å²) in [4.78, 5) is 0. The first-order valence-corrected chi connectivity index (χ1v) is 5.23. The van der Waals surface area contributed by atoms with E-state index in [9.17, 15) is 0 Å². The molecule has 18 heavy (non-hydrogen) atoms. The van der Waals surface area contributed by atoms with Crippen LogP contribution in [-0.2, 0) is 0 Å². The minimum atomic E-state index is 0. The van der Waals surface area contributed by atoms with Crippen LogP contribution < -0.4 is 11.5 Å². The number of fused-ring (bicyclic) bond motifs is 3. The van der Waals surface area contributed by atoms with Crippen molar-refractivity contribution in [1.82, 2.24) is 0 Å². The Kier molecular flexibility index (Phi) is 4.28. The zero-order chi connectivity index (χ0) is 11.1. The molecule has 0 saturated heterocycles. The fourth-order valence-corrected chi connectivity index (χ4v) is 2.20. The fraction of sp³-hybridized carbons (Fsp3) is 0. The lowest BCUT2D eigenvalue weighted by atomic mass is 9.99. The lowest BCUT2D eigenvalue weighted by Gasteiger charge is -2.10. The van der Waals surface area contributed by atoms with Crippen LogP contribution in [0.5, 0.6) is 0 Å². The number of nitrogens with two attached hydrogens (primary N) is 2. The fourth-order valence-electron chi connectivity index (χ4n) is 2.20. The summed E-state index contributed by atoms with van der Waals surface area (Å²) in [6.45, 7) is 0. The molecule has 2 nitrogen and oxygen atoms in total. The highest BCUT2D eigenvalue weighted by Gasteiger charge is 2.08. The Hall–Kier alpha value is -1.64. The highest BCUT2D eigenvalue weighted by molar-refractivity contribution is 6.18. The van der Waals surface area contributed by atoms with Crippen LogP contribution in [-0.4, -0.2) is 0 Å². The van der Waals surface area contributed by atoms with Gasteiger partial charge in [0.2, 0.25) is 0 Å². The molecule has 3 aromatic carbocycles. The van der Waals surface area contributed by atoms with Crippen LogP contribution in [0, 0.1) is 0 Å². The van der Waals surface area contributed by atoms with Gasteiger partial charge in [-0.25, -0.2) is 0 Å². The van der Waals surface area contributed by atoms with Crippen LogP contribution >= 0.6 is 24.8 Å². The zero-order valence-electron chi connectivity index (χ0n) is 9.59. The first-order valence-electron chi connectivity index (χ1n) is 5.23. The standard InChI is InChI=1S/C14H12N2.2ClH/c15-13-11-7-3-1-5-9(11)10-6-2-4-8-12(10)14(13)16;;/h1-8H,15-16H2;2*1H. The van der Waals surface area contributed by atoms with Gasteiger partial charge in [0, 0.05) is 10.8 Å². The molecule has 0 heterocycles. The van der Waals surface area contributed by atoms with Crippen LogP contribution in [0.2, 0.25) is 0 Å². The highest BCUT2D eigenvalue weighted by atomic mass is 35.5. The molecule has 0 aliphatic rings. The van der Waals surface area contributed by atoms with Crippen LogP contribution in [0.1, 0.15) is 0 Å². The Balaban J connectivity index is 0.000000810. The van der Waals surface area contributed by atoms with Gasteiger partial charge in [0.05, 0.1) is 11.4 Å². The molecule has 4 heteroatoms. The molecule has 94 valence electrons. The summed E-state index contributed by atoms with van der Waals surface area (Å²) in [5, 5.41) is 4.37. The number of hydrogen-bond donors (Lipinski definition) is 2. The third-order valence-corrected chi connectivity index (χ3v) is 3.01. The molecule has 0 aromatic heterocycles. The van der Waals surface area contributed by atoms with Gasteiger partial charge >= 0.3 is 0 Å². The summed E-state index contributed by atoms with van der Waals surface area (Å²) in [6, 6.07) is 16.2. The van der Waals surface area contributed by atoms with Crippen LogP contribution in [0.25, 0.3) is 21.5 Å². The second kappa shape index (κ2) is 5.34. The smallest absolute Gasteiger partial charge is 0.0634 e. The summed E-state index contributed by atoms with van der Waals surface area (Å²) in [7, 11) is 0. The normalized spacial score (nSPS) is 9.78. The molecule has 0 aliphatic carbocycles. The summed E-state index contributed by atoms with van der Waals surface area (Å²) in [5.41, 5.74) is 13.5. The number of hydrogen-bond acceptors (Lipinski definition) is 2. The van der Waals surface area contributed by atoms with Gasteiger partial charge in [-0.3, -0.25) is 0 Å². The van der Waals surface area contributed by atoms with Gasteiger partial charge in [-0.05, 0) is 10.8 Å². The van der Waals surface area contributed by atoms with Gasteiger partial charge in [0.1, 0.15) is 0 Å². The van der Waals surface area contributed by atoms with Crippen molar-refractivity contribution in [1.29, 1.82) is 0 Å². The van der Waals surface area contributed by atoms with Crippen molar-refractivity contribution < 1.29 is 0 Å². The highest BCUT2D eigenvalue weighted by Crippen LogP contribution is 2.35. The molecule has 0 atom stereocenters. The Morgan fingerprint density at radius 1 is 0.500 bits per heavy atom. The SMILES string of the molecule is Cl.Cl.Nc1c(N)c2ccccc2c2ccccc12. The van der Waals surface area contributed by atoms with E-state index >= 15 is 0 Å². The molecule has 0 bridgehead atoms. The monoisotopic (exact) mass is 280 g/mol. The van der Waals surface area contributed by atoms with Gasteiger partial charge in [-0.15, -0.1) is 24.8 Å². The summed E-state index contributed by atoms with van der Waals surface area (Å²) in [5.74, 6) is 0. The minimum Gasteiger partial charge on any atom is -0.397 e. The predicted octanol–water partition coefficient (Wildman–Crippen LogP) is 4.00. The Bertz CT molecular complexity index is 635. The number of nitrogen functional groups attached to an aromatic ring is 2. The first-order chi connectivity index (χ1) is 7.79. The number of anilines is 2. The molecule has 0 fully saturated rings. The third kappa shape index (κ3) is 1.94. The van der Waals surface area contributed by atoms with E-state index in [1.807, 2.05) is 36.4 Å². The molecule has 0 unspecified atom stereocenters. The predicted molar refractivity (Wildman–Crippen MR) is 84.8 cm³/mol. The van der Waals surface area contributed by atoms with E-state index < -0.39 is 0 Å². The zero-order valence-corrected chi connectivity index (χ0v) is 11.2. The van der Waals surface area contributed by atoms with E-state index in [-0.39, 0.29) is 24.8 Å². The molecule has 3 rings (SSSR count). The molecule has 0 spiro atoms. The van der Waals surface area contributed by atoms with Crippen molar-refractivity contribution in [3.63, 3.8) is 0 Å². The van der Waals surface area contributed by atoms with Crippen molar-refractivity contribution in [3.05, 3.63) is 48.5 Å². The maximum absolute atomic E-state index is 6.06. The van der Waals surface area contributed by atoms with Crippen molar-refractivity contribution in [2.24, 2.45) is 0 Å². The van der Waals surface area contributed by atoms with Crippen molar-refractivity contribution in [2.75, 3.05) is 11.5 Å². The van der Waals surface area contributed by atoms with E-state index in [0.29, 0.717) is 11.4 Å². The Labute approximate surface area is 118 Å². The van der Waals surface area contributed by atoms with Gasteiger partial charge in [-0.2, -0.15) is 0 Å². The average molecular weight is 281 g/mol. The van der Waals surface area contributed by atoms with Gasteiger partial charge in [-0.1, -0.05) is 48.5 Å². The summed E-state index contributed by atoms with van der Waals surface area (Å²) in [6.07, 6.45) is 0. The quantitative estimate of drug-likeness (QED) is 0.372. The molecule has 0 saturated carbocycles. The minimum absolute atomic E-state index is 0. The van der Waals surface area contributed by atoms with E-state index in [4.69, 9.17) is 11.5 Å². The topological polar surface area (TPSA) is 52.0 Å². The van der Waals surface area contributed by atoms with E-state index in [0.717, 1.165) is 21.5 Å². The molecular weight excluding hydrogens is 267 g/mol. The van der Waals surface area contributed by atoms with Gasteiger partial charge in [0.15, 0.2) is 0 Å². The van der Waals surface area contributed by atoms with Crippen molar-refractivity contribution in [2.45, 2.75) is 0 Å². The van der Waals surface area contributed by atoms with Crippen molar-refractivity contribution in [3.8, 4) is 0 Å². The van der Waals surface area contributed by atoms with E-state index in [1.54, 1.807) is 0 Å². The van der Waals surface area contributed by atoms with Crippen molar-refractivity contribution >= 4 is 57.7 Å². The average Bonchev–Trinajstić information content (AvgIpc) is 2.36. The summed E-state index contributed by atoms with van der Waals surface area (Å²) >= 11 is 0. The lowest BCUT2D eigenvalue weighted by molar-refractivity contribution is 1.73. The Morgan fingerprint density at radius 3 is 1.11 bits per heavy atom. The maximum Gasteiger partial charge on any atom is 0.0634 e. The molecule has 4 N–H and O–H groups in total. The van der Waals surface area contributed by atoms with Gasteiger partial charge < -0.3 is 11.5 Å². The first kappa shape index (κ1) is 14.4. The summed E-state index contributed by atoms with van der Waals surface area (Å²) < 4.78 is 0. The van der Waals surface area contributed by atoms with Crippen LogP contribution in [0.3, 0.4) is 0 Å². The molecule has 0 aliphatic heterocycles. The second-order valence-electron chi connectivity index (χ2n) is 3.92. The molecule has 3 aromatic rings. The Morgan fingerprint density at radius 2 is 0.778 bits per heavy atom. The van der Waals surface area contributed by atoms with Crippen LogP contribution in [0.4, 0.5) is 11.4 Å². The third-order valence-electron chi connectivity index (χ3n) is 3.01. The number of rotatable bonds is 0. The second-order valence-corrected chi connectivity index (χ2v) is 3.92. The largest absolute Gasteiger partial charge is 0.397 e. The molecule has 0 radical (unpaired) electrons. The molecule has 0 amide bonds. The molecular formula is C14H14Cl2N2. The maximum atomic E-state index is 6.06. The van der Waals surface area contributed by atoms with E-state index in [2.05, 4.69) is 12.1 Å². The van der Waals surface area contributed by atoms with Gasteiger partial charge in [0.25, 0.3) is 0 Å². The number of halogens is 2. The lowest BCUT2D eigenvalue weighted by Crippen LogP contribution is -1.97. The van der Waals surface area contributed by atoms with Crippen LogP contribution in [0.15, 0.2) is 48.5 Å². The number of benzene rings is 3. The van der Waals surface area contributed by atoms with E-state index in [1.165, 1.54) is 0 Å².